The van der Waals surface area contributed by atoms with Crippen LogP contribution in [-0.2, 0) is 0 Å². The quantitative estimate of drug-likeness (QED) is 0.428. The van der Waals surface area contributed by atoms with Gasteiger partial charge in [0.05, 0.1) is 6.54 Å². The van der Waals surface area contributed by atoms with E-state index < -0.39 is 0 Å². The van der Waals surface area contributed by atoms with Crippen LogP contribution in [0.15, 0.2) is 4.99 Å². The first-order valence-corrected chi connectivity index (χ1v) is 6.97. The first kappa shape index (κ1) is 16.0. The van der Waals surface area contributed by atoms with Gasteiger partial charge in [0.1, 0.15) is 0 Å². The van der Waals surface area contributed by atoms with E-state index in [1.54, 1.807) is 0 Å². The zero-order valence-corrected chi connectivity index (χ0v) is 14.1. The maximum atomic E-state index is 4.68. The van der Waals surface area contributed by atoms with Crippen molar-refractivity contribution in [3.63, 3.8) is 0 Å². The summed E-state index contributed by atoms with van der Waals surface area (Å²) in [6.07, 6.45) is 5.32. The van der Waals surface area contributed by atoms with Gasteiger partial charge in [0.2, 0.25) is 0 Å². The van der Waals surface area contributed by atoms with E-state index in [9.17, 15) is 0 Å². The average molecular weight is 366 g/mol. The normalized spacial score (nSPS) is 21.4. The maximum Gasteiger partial charge on any atom is 0.191 e. The van der Waals surface area contributed by atoms with Crippen LogP contribution in [0.1, 0.15) is 39.5 Å². The van der Waals surface area contributed by atoms with Crippen molar-refractivity contribution in [1.29, 1.82) is 0 Å². The Morgan fingerprint density at radius 2 is 2.00 bits per heavy atom. The van der Waals surface area contributed by atoms with Crippen molar-refractivity contribution in [2.75, 3.05) is 20.1 Å². The van der Waals surface area contributed by atoms with Gasteiger partial charge in [0.15, 0.2) is 5.96 Å². The Morgan fingerprint density at radius 3 is 2.50 bits per heavy atom. The van der Waals surface area contributed by atoms with Crippen molar-refractivity contribution in [2.45, 2.75) is 57.7 Å². The number of rotatable bonds is 6. The van der Waals surface area contributed by atoms with Crippen LogP contribution < -0.4 is 10.6 Å². The molecular formula is C13H27IN4. The van der Waals surface area contributed by atoms with E-state index in [2.05, 4.69) is 41.4 Å². The molecule has 2 N–H and O–H groups in total. The summed E-state index contributed by atoms with van der Waals surface area (Å²) in [7, 11) is 2.22. The third-order valence-corrected chi connectivity index (χ3v) is 3.59. The minimum absolute atomic E-state index is 0. The highest BCUT2D eigenvalue weighted by molar-refractivity contribution is 14.0. The fourth-order valence-electron chi connectivity index (χ4n) is 1.93. The van der Waals surface area contributed by atoms with Crippen LogP contribution in [0, 0.1) is 0 Å². The predicted octanol–water partition coefficient (Wildman–Crippen LogP) is 1.80. The highest BCUT2D eigenvalue weighted by Crippen LogP contribution is 2.26. The Morgan fingerprint density at radius 1 is 1.33 bits per heavy atom. The van der Waals surface area contributed by atoms with Gasteiger partial charge < -0.3 is 10.6 Å². The topological polar surface area (TPSA) is 39.7 Å². The van der Waals surface area contributed by atoms with Crippen molar-refractivity contribution in [3.05, 3.63) is 0 Å². The summed E-state index contributed by atoms with van der Waals surface area (Å²) in [5, 5.41) is 6.76. The summed E-state index contributed by atoms with van der Waals surface area (Å²) in [5.41, 5.74) is 0. The van der Waals surface area contributed by atoms with Gasteiger partial charge in [-0.1, -0.05) is 0 Å². The molecule has 0 heterocycles. The second-order valence-electron chi connectivity index (χ2n) is 5.38. The molecule has 0 amide bonds. The third kappa shape index (κ3) is 5.30. The molecule has 0 bridgehead atoms. The standard InChI is InChI=1S/C13H26N4.HI/c1-4-14-13(16-11-5-6-11)15-9-10(2)17(3)12-7-8-12;/h10-12H,4-9H2,1-3H3,(H2,14,15,16);1H. The lowest BCUT2D eigenvalue weighted by atomic mass is 10.3. The molecule has 18 heavy (non-hydrogen) atoms. The summed E-state index contributed by atoms with van der Waals surface area (Å²) in [6.45, 7) is 6.20. The van der Waals surface area contributed by atoms with Gasteiger partial charge in [-0.3, -0.25) is 9.89 Å². The minimum Gasteiger partial charge on any atom is -0.357 e. The van der Waals surface area contributed by atoms with E-state index in [4.69, 9.17) is 0 Å². The number of likely N-dealkylation sites (N-methyl/N-ethyl adjacent to an activating group) is 1. The molecule has 4 nitrogen and oxygen atoms in total. The van der Waals surface area contributed by atoms with Crippen LogP contribution in [0.3, 0.4) is 0 Å². The Balaban J connectivity index is 0.00000162. The molecule has 0 aromatic carbocycles. The summed E-state index contributed by atoms with van der Waals surface area (Å²) in [6, 6.07) is 2.03. The molecule has 0 aliphatic heterocycles. The van der Waals surface area contributed by atoms with Crippen LogP contribution in [-0.4, -0.2) is 49.1 Å². The molecule has 1 unspecified atom stereocenters. The maximum absolute atomic E-state index is 4.68. The third-order valence-electron chi connectivity index (χ3n) is 3.59. The molecule has 1 atom stereocenters. The summed E-state index contributed by atoms with van der Waals surface area (Å²) in [5.74, 6) is 0.992. The molecule has 0 radical (unpaired) electrons. The highest BCUT2D eigenvalue weighted by atomic mass is 127. The number of hydrogen-bond donors (Lipinski definition) is 2. The van der Waals surface area contributed by atoms with Crippen molar-refractivity contribution in [3.8, 4) is 0 Å². The first-order valence-electron chi connectivity index (χ1n) is 6.97. The van der Waals surface area contributed by atoms with Gasteiger partial charge in [-0.05, 0) is 46.6 Å². The summed E-state index contributed by atoms with van der Waals surface area (Å²) < 4.78 is 0. The van der Waals surface area contributed by atoms with E-state index >= 15 is 0 Å². The number of aliphatic imine (C=N–C) groups is 1. The molecule has 0 aromatic heterocycles. The monoisotopic (exact) mass is 366 g/mol. The number of nitrogens with one attached hydrogen (secondary N) is 2. The minimum atomic E-state index is 0. The SMILES string of the molecule is CCNC(=NCC(C)N(C)C1CC1)NC1CC1.I. The van der Waals surface area contributed by atoms with Gasteiger partial charge in [0, 0.05) is 24.7 Å². The fourth-order valence-corrected chi connectivity index (χ4v) is 1.93. The smallest absolute Gasteiger partial charge is 0.191 e. The Hall–Kier alpha value is -0.0400. The van der Waals surface area contributed by atoms with Gasteiger partial charge in [-0.15, -0.1) is 24.0 Å². The molecule has 2 fully saturated rings. The van der Waals surface area contributed by atoms with Gasteiger partial charge in [-0.25, -0.2) is 0 Å². The molecule has 2 saturated carbocycles. The van der Waals surface area contributed by atoms with Crippen molar-refractivity contribution < 1.29 is 0 Å². The second-order valence-corrected chi connectivity index (χ2v) is 5.38. The molecule has 0 saturated heterocycles. The van der Waals surface area contributed by atoms with E-state index in [0.717, 1.165) is 25.1 Å². The van der Waals surface area contributed by atoms with Crippen molar-refractivity contribution in [1.82, 2.24) is 15.5 Å². The Labute approximate surface area is 128 Å². The number of halogens is 1. The van der Waals surface area contributed by atoms with E-state index in [1.165, 1.54) is 25.7 Å². The molecular weight excluding hydrogens is 339 g/mol. The highest BCUT2D eigenvalue weighted by Gasteiger charge is 2.29. The fraction of sp³-hybridized carbons (Fsp3) is 0.923. The van der Waals surface area contributed by atoms with Gasteiger partial charge in [0.25, 0.3) is 0 Å². The molecule has 0 aromatic rings. The zero-order valence-electron chi connectivity index (χ0n) is 11.8. The van der Waals surface area contributed by atoms with Crippen LogP contribution >= 0.6 is 24.0 Å². The van der Waals surface area contributed by atoms with Crippen LogP contribution in [0.25, 0.3) is 0 Å². The van der Waals surface area contributed by atoms with Crippen LogP contribution in [0.5, 0.6) is 0 Å². The molecule has 2 rings (SSSR count). The van der Waals surface area contributed by atoms with Crippen LogP contribution in [0.4, 0.5) is 0 Å². The van der Waals surface area contributed by atoms with Gasteiger partial charge in [-0.2, -0.15) is 0 Å². The predicted molar refractivity (Wildman–Crippen MR) is 87.8 cm³/mol. The molecule has 2 aliphatic carbocycles. The summed E-state index contributed by atoms with van der Waals surface area (Å²) in [4.78, 5) is 7.14. The van der Waals surface area contributed by atoms with E-state index in [1.807, 2.05) is 0 Å². The van der Waals surface area contributed by atoms with Gasteiger partial charge >= 0.3 is 0 Å². The van der Waals surface area contributed by atoms with Crippen LogP contribution in [0.2, 0.25) is 0 Å². The Kier molecular flexibility index (Phi) is 6.70. The number of nitrogens with zero attached hydrogens (tertiary/aromatic N) is 2. The first-order chi connectivity index (χ1) is 8.20. The Bertz CT molecular complexity index is 274. The largest absolute Gasteiger partial charge is 0.357 e. The average Bonchev–Trinajstić information content (AvgIpc) is 3.15. The molecule has 0 spiro atoms. The number of hydrogen-bond acceptors (Lipinski definition) is 2. The molecule has 106 valence electrons. The molecule has 5 heteroatoms. The van der Waals surface area contributed by atoms with Crippen molar-refractivity contribution >= 4 is 29.9 Å². The lowest BCUT2D eigenvalue weighted by molar-refractivity contribution is 0.253. The summed E-state index contributed by atoms with van der Waals surface area (Å²) >= 11 is 0. The molecule has 2 aliphatic rings. The lowest BCUT2D eigenvalue weighted by Crippen LogP contribution is -2.40. The number of guanidine groups is 1. The van der Waals surface area contributed by atoms with E-state index in [-0.39, 0.29) is 24.0 Å². The second kappa shape index (κ2) is 7.53. The lowest BCUT2D eigenvalue weighted by Gasteiger charge is -2.23. The van der Waals surface area contributed by atoms with Crippen molar-refractivity contribution in [2.24, 2.45) is 4.99 Å². The van der Waals surface area contributed by atoms with E-state index in [0.29, 0.717) is 12.1 Å². The zero-order chi connectivity index (χ0) is 12.3.